The Labute approximate surface area is 97.6 Å². The van der Waals surface area contributed by atoms with Crippen LogP contribution in [0.15, 0.2) is 0 Å². The fraction of sp³-hybridized carbons (Fsp3) is 0.833. The predicted molar refractivity (Wildman–Crippen MR) is 62.5 cm³/mol. The number of carbonyl (C=O) groups is 2. The normalized spacial score (nSPS) is 17.1. The largest absolute Gasteiger partial charge is 0.273 e. The van der Waals surface area contributed by atoms with Gasteiger partial charge in [0.15, 0.2) is 0 Å². The molecular weight excluding hydrogens is 204 g/mol. The van der Waals surface area contributed by atoms with Crippen molar-refractivity contribution < 1.29 is 9.59 Å². The average molecular weight is 226 g/mol. The average Bonchev–Trinajstić information content (AvgIpc) is 2.29. The summed E-state index contributed by atoms with van der Waals surface area (Å²) in [5.74, 6) is 0.202. The standard InChI is InChI=1S/C12H22N2O2/c1-3-5-9-13-11(15)7-8-12(16)14(13)10-6-4-2/h3-10H2,1-2H3. The highest BCUT2D eigenvalue weighted by atomic mass is 16.2. The molecule has 4 heteroatoms. The molecule has 16 heavy (non-hydrogen) atoms. The van der Waals surface area contributed by atoms with Crippen LogP contribution in [-0.4, -0.2) is 34.9 Å². The summed E-state index contributed by atoms with van der Waals surface area (Å²) in [7, 11) is 0. The molecule has 1 aliphatic heterocycles. The molecule has 0 atom stereocenters. The first-order chi connectivity index (χ1) is 7.70. The van der Waals surface area contributed by atoms with Crippen molar-refractivity contribution in [2.24, 2.45) is 0 Å². The van der Waals surface area contributed by atoms with Crippen molar-refractivity contribution in [3.05, 3.63) is 0 Å². The lowest BCUT2D eigenvalue weighted by Crippen LogP contribution is -2.54. The van der Waals surface area contributed by atoms with E-state index < -0.39 is 0 Å². The maximum Gasteiger partial charge on any atom is 0.241 e. The number of nitrogens with zero attached hydrogens (tertiary/aromatic N) is 2. The van der Waals surface area contributed by atoms with E-state index >= 15 is 0 Å². The molecule has 4 nitrogen and oxygen atoms in total. The molecule has 1 aliphatic rings. The zero-order chi connectivity index (χ0) is 12.0. The van der Waals surface area contributed by atoms with Crippen molar-refractivity contribution in [3.8, 4) is 0 Å². The Hall–Kier alpha value is -1.06. The Balaban J connectivity index is 2.61. The van der Waals surface area contributed by atoms with Crippen molar-refractivity contribution in [1.29, 1.82) is 0 Å². The van der Waals surface area contributed by atoms with Gasteiger partial charge in [0.25, 0.3) is 0 Å². The molecule has 0 saturated carbocycles. The molecule has 1 rings (SSSR count). The second-order valence-electron chi connectivity index (χ2n) is 4.24. The highest BCUT2D eigenvalue weighted by Crippen LogP contribution is 2.15. The van der Waals surface area contributed by atoms with Gasteiger partial charge in [-0.1, -0.05) is 26.7 Å². The Bertz CT molecular complexity index is 227. The zero-order valence-electron chi connectivity index (χ0n) is 10.4. The predicted octanol–water partition coefficient (Wildman–Crippen LogP) is 1.95. The summed E-state index contributed by atoms with van der Waals surface area (Å²) in [5, 5.41) is 3.32. The van der Waals surface area contributed by atoms with E-state index in [2.05, 4.69) is 13.8 Å². The molecule has 0 unspecified atom stereocenters. The van der Waals surface area contributed by atoms with Gasteiger partial charge in [0.2, 0.25) is 11.8 Å². The van der Waals surface area contributed by atoms with Crippen LogP contribution in [0.4, 0.5) is 0 Å². The summed E-state index contributed by atoms with van der Waals surface area (Å²) in [6.07, 6.45) is 4.76. The van der Waals surface area contributed by atoms with Gasteiger partial charge in [-0.15, -0.1) is 0 Å². The Morgan fingerprint density at radius 3 is 1.56 bits per heavy atom. The number of hydrazine groups is 1. The first kappa shape index (κ1) is 13.0. The van der Waals surface area contributed by atoms with Gasteiger partial charge in [-0.25, -0.2) is 0 Å². The molecular formula is C12H22N2O2. The summed E-state index contributed by atoms with van der Waals surface area (Å²) in [6, 6.07) is 0. The second-order valence-corrected chi connectivity index (χ2v) is 4.24. The summed E-state index contributed by atoms with van der Waals surface area (Å²) >= 11 is 0. The van der Waals surface area contributed by atoms with Gasteiger partial charge < -0.3 is 0 Å². The van der Waals surface area contributed by atoms with E-state index in [0.29, 0.717) is 25.9 Å². The summed E-state index contributed by atoms with van der Waals surface area (Å²) in [4.78, 5) is 23.5. The third-order valence-corrected chi connectivity index (χ3v) is 2.87. The molecule has 0 aromatic carbocycles. The fourth-order valence-electron chi connectivity index (χ4n) is 1.85. The van der Waals surface area contributed by atoms with E-state index in [0.717, 1.165) is 25.7 Å². The second kappa shape index (κ2) is 6.51. The molecule has 0 spiro atoms. The number of rotatable bonds is 6. The SMILES string of the molecule is CCCCN1C(=O)CCC(=O)N1CCCC. The van der Waals surface area contributed by atoms with E-state index in [9.17, 15) is 9.59 Å². The van der Waals surface area contributed by atoms with Crippen LogP contribution in [0.25, 0.3) is 0 Å². The first-order valence-corrected chi connectivity index (χ1v) is 6.31. The van der Waals surface area contributed by atoms with E-state index in [1.165, 1.54) is 0 Å². The lowest BCUT2D eigenvalue weighted by atomic mass is 10.2. The van der Waals surface area contributed by atoms with Gasteiger partial charge in [-0.05, 0) is 12.8 Å². The van der Waals surface area contributed by atoms with Gasteiger partial charge in [0.1, 0.15) is 0 Å². The van der Waals surface area contributed by atoms with Crippen LogP contribution in [0, 0.1) is 0 Å². The zero-order valence-corrected chi connectivity index (χ0v) is 10.4. The molecule has 0 bridgehead atoms. The third-order valence-electron chi connectivity index (χ3n) is 2.87. The molecule has 0 radical (unpaired) electrons. The maximum atomic E-state index is 11.8. The first-order valence-electron chi connectivity index (χ1n) is 6.31. The van der Waals surface area contributed by atoms with E-state index in [1.807, 2.05) is 0 Å². The number of unbranched alkanes of at least 4 members (excludes halogenated alkanes) is 2. The van der Waals surface area contributed by atoms with E-state index in [-0.39, 0.29) is 11.8 Å². The van der Waals surface area contributed by atoms with Crippen molar-refractivity contribution in [2.45, 2.75) is 52.4 Å². The minimum absolute atomic E-state index is 0.101. The maximum absolute atomic E-state index is 11.8. The van der Waals surface area contributed by atoms with Gasteiger partial charge in [0.05, 0.1) is 0 Å². The Morgan fingerprint density at radius 1 is 0.875 bits per heavy atom. The van der Waals surface area contributed by atoms with Crippen LogP contribution in [0.2, 0.25) is 0 Å². The lowest BCUT2D eigenvalue weighted by molar-refractivity contribution is -0.171. The van der Waals surface area contributed by atoms with Crippen LogP contribution < -0.4 is 0 Å². The summed E-state index contributed by atoms with van der Waals surface area (Å²) in [5.41, 5.74) is 0. The molecule has 0 aromatic heterocycles. The van der Waals surface area contributed by atoms with Crippen LogP contribution in [0.1, 0.15) is 52.4 Å². The van der Waals surface area contributed by atoms with Gasteiger partial charge >= 0.3 is 0 Å². The monoisotopic (exact) mass is 226 g/mol. The lowest BCUT2D eigenvalue weighted by Gasteiger charge is -2.38. The van der Waals surface area contributed by atoms with Gasteiger partial charge in [-0.3, -0.25) is 19.6 Å². The number of carbonyl (C=O) groups excluding carboxylic acids is 2. The summed E-state index contributed by atoms with van der Waals surface area (Å²) < 4.78 is 0. The minimum atomic E-state index is 0.101. The molecule has 2 amide bonds. The molecule has 1 fully saturated rings. The Kier molecular flexibility index (Phi) is 5.29. The van der Waals surface area contributed by atoms with Crippen LogP contribution in [0.3, 0.4) is 0 Å². The highest BCUT2D eigenvalue weighted by molar-refractivity contribution is 5.89. The minimum Gasteiger partial charge on any atom is -0.273 e. The topological polar surface area (TPSA) is 40.6 Å². The summed E-state index contributed by atoms with van der Waals surface area (Å²) in [6.45, 7) is 5.55. The van der Waals surface area contributed by atoms with Crippen LogP contribution in [0.5, 0.6) is 0 Å². The van der Waals surface area contributed by atoms with E-state index in [1.54, 1.807) is 10.0 Å². The number of hydrogen-bond acceptors (Lipinski definition) is 2. The quantitative estimate of drug-likeness (QED) is 0.694. The molecule has 0 aliphatic carbocycles. The molecule has 0 aromatic rings. The molecule has 1 saturated heterocycles. The molecule has 0 N–H and O–H groups in total. The fourth-order valence-corrected chi connectivity index (χ4v) is 1.85. The van der Waals surface area contributed by atoms with Crippen LogP contribution >= 0.6 is 0 Å². The van der Waals surface area contributed by atoms with Crippen molar-refractivity contribution >= 4 is 11.8 Å². The third kappa shape index (κ3) is 3.22. The smallest absolute Gasteiger partial charge is 0.241 e. The molecule has 92 valence electrons. The highest BCUT2D eigenvalue weighted by Gasteiger charge is 2.30. The number of amides is 2. The number of hydrogen-bond donors (Lipinski definition) is 0. The van der Waals surface area contributed by atoms with Crippen molar-refractivity contribution in [1.82, 2.24) is 10.0 Å². The van der Waals surface area contributed by atoms with Crippen molar-refractivity contribution in [2.75, 3.05) is 13.1 Å². The van der Waals surface area contributed by atoms with Crippen LogP contribution in [-0.2, 0) is 9.59 Å². The van der Waals surface area contributed by atoms with Gasteiger partial charge in [-0.2, -0.15) is 0 Å². The van der Waals surface area contributed by atoms with Gasteiger partial charge in [0, 0.05) is 25.9 Å². The molecule has 1 heterocycles. The van der Waals surface area contributed by atoms with E-state index in [4.69, 9.17) is 0 Å². The Morgan fingerprint density at radius 2 is 1.25 bits per heavy atom. The van der Waals surface area contributed by atoms with Crippen molar-refractivity contribution in [3.63, 3.8) is 0 Å².